The molecule has 32 heavy (non-hydrogen) atoms. The van der Waals surface area contributed by atoms with E-state index in [1.54, 1.807) is 0 Å². The number of carbonyl (C=O) groups is 1. The quantitative estimate of drug-likeness (QED) is 0.287. The Morgan fingerprint density at radius 3 is 2.66 bits per heavy atom. The molecule has 5 heteroatoms. The van der Waals surface area contributed by atoms with Gasteiger partial charge in [-0.15, -0.1) is 0 Å². The van der Waals surface area contributed by atoms with Crippen LogP contribution in [0.25, 0.3) is 21.8 Å². The number of hydrogen-bond donors (Lipinski definition) is 1. The molecule has 0 unspecified atom stereocenters. The molecular weight excluding hydrogens is 398 g/mol. The summed E-state index contributed by atoms with van der Waals surface area (Å²) in [6, 6.07) is 14.7. The molecule has 0 spiro atoms. The first kappa shape index (κ1) is 21.8. The number of aryl methyl sites for hydroxylation is 4. The van der Waals surface area contributed by atoms with E-state index in [1.807, 2.05) is 12.3 Å². The maximum atomic E-state index is 10.7. The maximum absolute atomic E-state index is 10.7. The van der Waals surface area contributed by atoms with Crippen LogP contribution in [0.5, 0.6) is 5.75 Å². The summed E-state index contributed by atoms with van der Waals surface area (Å²) in [4.78, 5) is 19.9. The van der Waals surface area contributed by atoms with Crippen molar-refractivity contribution in [1.29, 1.82) is 0 Å². The maximum Gasteiger partial charge on any atom is 0.150 e. The van der Waals surface area contributed by atoms with Crippen molar-refractivity contribution in [3.63, 3.8) is 0 Å². The van der Waals surface area contributed by atoms with Crippen molar-refractivity contribution < 1.29 is 9.53 Å². The van der Waals surface area contributed by atoms with E-state index >= 15 is 0 Å². The predicted molar refractivity (Wildman–Crippen MR) is 130 cm³/mol. The van der Waals surface area contributed by atoms with Gasteiger partial charge < -0.3 is 15.3 Å². The van der Waals surface area contributed by atoms with Gasteiger partial charge in [-0.05, 0) is 79.1 Å². The van der Waals surface area contributed by atoms with E-state index in [1.165, 1.54) is 16.7 Å². The summed E-state index contributed by atoms with van der Waals surface area (Å²) in [5.74, 6) is 1.37. The van der Waals surface area contributed by atoms with Crippen molar-refractivity contribution in [2.45, 2.75) is 46.0 Å². The third kappa shape index (κ3) is 4.72. The molecule has 0 amide bonds. The molecule has 0 bridgehead atoms. The topological polar surface area (TPSA) is 78.1 Å². The Morgan fingerprint density at radius 2 is 1.88 bits per heavy atom. The summed E-state index contributed by atoms with van der Waals surface area (Å²) < 4.78 is 5.74. The molecule has 0 atom stereocenters. The lowest BCUT2D eigenvalue weighted by molar-refractivity contribution is -0.107. The van der Waals surface area contributed by atoms with Gasteiger partial charge in [0.25, 0.3) is 0 Å². The number of rotatable bonds is 9. The number of pyridine rings is 2. The molecule has 4 aromatic rings. The summed E-state index contributed by atoms with van der Waals surface area (Å²) in [6.07, 6.45) is 6.88. The SMILES string of the molecule is CCCOc1ccc(CCc2cnc3c(N)nc4cc(CCC=O)ccc4c3c2)c(C)c1. The highest BCUT2D eigenvalue weighted by Crippen LogP contribution is 2.28. The lowest BCUT2D eigenvalue weighted by Crippen LogP contribution is -2.00. The second-order valence-corrected chi connectivity index (χ2v) is 8.23. The number of fused-ring (bicyclic) bond motifs is 3. The zero-order valence-corrected chi connectivity index (χ0v) is 18.7. The summed E-state index contributed by atoms with van der Waals surface area (Å²) in [6.45, 7) is 4.99. The molecule has 5 nitrogen and oxygen atoms in total. The van der Waals surface area contributed by atoms with E-state index in [4.69, 9.17) is 10.5 Å². The zero-order chi connectivity index (χ0) is 22.5. The molecule has 0 aliphatic heterocycles. The number of nitrogens with two attached hydrogens (primary N) is 1. The Bertz CT molecular complexity index is 1270. The molecular formula is C27H29N3O2. The van der Waals surface area contributed by atoms with Crippen molar-refractivity contribution in [2.24, 2.45) is 0 Å². The number of nitrogen functional groups attached to an aromatic ring is 1. The Kier molecular flexibility index (Phi) is 6.64. The van der Waals surface area contributed by atoms with Crippen molar-refractivity contribution in [2.75, 3.05) is 12.3 Å². The molecule has 2 aromatic heterocycles. The van der Waals surface area contributed by atoms with Crippen LogP contribution in [0.1, 0.15) is 42.0 Å². The molecule has 2 N–H and O–H groups in total. The normalized spacial score (nSPS) is 11.2. The number of hydrogen-bond acceptors (Lipinski definition) is 5. The number of ether oxygens (including phenoxy) is 1. The minimum absolute atomic E-state index is 0.435. The fourth-order valence-corrected chi connectivity index (χ4v) is 4.05. The van der Waals surface area contributed by atoms with Crippen molar-refractivity contribution in [1.82, 2.24) is 9.97 Å². The van der Waals surface area contributed by atoms with E-state index in [-0.39, 0.29) is 0 Å². The highest BCUT2D eigenvalue weighted by atomic mass is 16.5. The van der Waals surface area contributed by atoms with Crippen molar-refractivity contribution in [3.8, 4) is 5.75 Å². The highest BCUT2D eigenvalue weighted by molar-refractivity contribution is 6.08. The van der Waals surface area contributed by atoms with Crippen LogP contribution >= 0.6 is 0 Å². The fraction of sp³-hybridized carbons (Fsp3) is 0.296. The number of aldehydes is 1. The number of aromatic nitrogens is 2. The van der Waals surface area contributed by atoms with Gasteiger partial charge in [0.2, 0.25) is 0 Å². The van der Waals surface area contributed by atoms with Crippen molar-refractivity contribution >= 4 is 33.9 Å². The van der Waals surface area contributed by atoms with Crippen LogP contribution in [0.4, 0.5) is 5.82 Å². The predicted octanol–water partition coefficient (Wildman–Crippen LogP) is 5.38. The summed E-state index contributed by atoms with van der Waals surface area (Å²) in [5.41, 5.74) is 12.6. The van der Waals surface area contributed by atoms with E-state index in [2.05, 4.69) is 60.2 Å². The van der Waals surface area contributed by atoms with Gasteiger partial charge in [0.15, 0.2) is 5.82 Å². The molecule has 0 fully saturated rings. The number of anilines is 1. The van der Waals surface area contributed by atoms with Crippen LogP contribution in [0.3, 0.4) is 0 Å². The van der Waals surface area contributed by atoms with Crippen LogP contribution in [-0.4, -0.2) is 22.9 Å². The van der Waals surface area contributed by atoms with Gasteiger partial charge >= 0.3 is 0 Å². The molecule has 0 radical (unpaired) electrons. The second-order valence-electron chi connectivity index (χ2n) is 8.23. The first-order valence-corrected chi connectivity index (χ1v) is 11.2. The van der Waals surface area contributed by atoms with E-state index < -0.39 is 0 Å². The molecule has 0 aliphatic rings. The summed E-state index contributed by atoms with van der Waals surface area (Å²) in [7, 11) is 0. The van der Waals surface area contributed by atoms with Crippen LogP contribution in [0.2, 0.25) is 0 Å². The molecule has 0 saturated heterocycles. The van der Waals surface area contributed by atoms with Crippen LogP contribution in [0.15, 0.2) is 48.7 Å². The number of carbonyl (C=O) groups excluding carboxylic acids is 1. The molecule has 0 saturated carbocycles. The molecule has 2 heterocycles. The molecule has 0 aliphatic carbocycles. The van der Waals surface area contributed by atoms with E-state index in [0.29, 0.717) is 18.7 Å². The average Bonchev–Trinajstić information content (AvgIpc) is 2.80. The summed E-state index contributed by atoms with van der Waals surface area (Å²) in [5, 5.41) is 2.05. The fourth-order valence-electron chi connectivity index (χ4n) is 4.05. The van der Waals surface area contributed by atoms with Crippen molar-refractivity contribution in [3.05, 3.63) is 70.9 Å². The minimum atomic E-state index is 0.435. The van der Waals surface area contributed by atoms with Gasteiger partial charge in [0.05, 0.1) is 12.1 Å². The third-order valence-corrected chi connectivity index (χ3v) is 5.80. The van der Waals surface area contributed by atoms with Crippen LogP contribution in [0, 0.1) is 6.92 Å². The van der Waals surface area contributed by atoms with E-state index in [0.717, 1.165) is 65.3 Å². The Hall–Kier alpha value is -3.47. The molecule has 164 valence electrons. The van der Waals surface area contributed by atoms with Gasteiger partial charge in [-0.2, -0.15) is 0 Å². The van der Waals surface area contributed by atoms with Gasteiger partial charge in [-0.1, -0.05) is 25.1 Å². The van der Waals surface area contributed by atoms with Gasteiger partial charge in [-0.25, -0.2) is 4.98 Å². The van der Waals surface area contributed by atoms with Crippen LogP contribution in [-0.2, 0) is 24.1 Å². The van der Waals surface area contributed by atoms with Crippen LogP contribution < -0.4 is 10.5 Å². The monoisotopic (exact) mass is 427 g/mol. The highest BCUT2D eigenvalue weighted by Gasteiger charge is 2.10. The average molecular weight is 428 g/mol. The largest absolute Gasteiger partial charge is 0.494 e. The lowest BCUT2D eigenvalue weighted by Gasteiger charge is -2.11. The Morgan fingerprint density at radius 1 is 1.00 bits per heavy atom. The number of benzene rings is 2. The second kappa shape index (κ2) is 9.77. The Labute approximate surface area is 188 Å². The van der Waals surface area contributed by atoms with Gasteiger partial charge in [0, 0.05) is 23.4 Å². The van der Waals surface area contributed by atoms with E-state index in [9.17, 15) is 4.79 Å². The Balaban J connectivity index is 1.60. The van der Waals surface area contributed by atoms with Gasteiger partial charge in [-0.3, -0.25) is 4.98 Å². The van der Waals surface area contributed by atoms with Gasteiger partial charge in [0.1, 0.15) is 17.6 Å². The lowest BCUT2D eigenvalue weighted by atomic mass is 9.99. The zero-order valence-electron chi connectivity index (χ0n) is 18.7. The summed E-state index contributed by atoms with van der Waals surface area (Å²) >= 11 is 0. The first-order chi connectivity index (χ1) is 15.6. The standard InChI is InChI=1S/C27H29N3O2/c1-3-13-32-22-10-9-21(18(2)14-22)8-6-20-15-24-23-11-7-19(5-4-12-31)16-25(23)30-27(28)26(24)29-17-20/h7,9-12,14-17H,3-6,8,13H2,1-2H3,(H2,28,30). The smallest absolute Gasteiger partial charge is 0.150 e. The molecule has 4 rings (SSSR count). The first-order valence-electron chi connectivity index (χ1n) is 11.2. The third-order valence-electron chi connectivity index (χ3n) is 5.80. The number of nitrogens with zero attached hydrogens (tertiary/aromatic N) is 2. The minimum Gasteiger partial charge on any atom is -0.494 e. The molecule has 2 aromatic carbocycles.